The van der Waals surface area contributed by atoms with Crippen LogP contribution in [0, 0.1) is 0 Å². The van der Waals surface area contributed by atoms with E-state index in [1.807, 2.05) is 0 Å². The summed E-state index contributed by atoms with van der Waals surface area (Å²) in [6, 6.07) is 4.49. The Hall–Kier alpha value is -2.55. The second-order valence-electron chi connectivity index (χ2n) is 6.06. The normalized spacial score (nSPS) is 15.3. The van der Waals surface area contributed by atoms with Crippen LogP contribution in [0.1, 0.15) is 35.3 Å². The van der Waals surface area contributed by atoms with Crippen molar-refractivity contribution in [2.75, 3.05) is 19.0 Å². The van der Waals surface area contributed by atoms with Crippen molar-refractivity contribution in [3.8, 4) is 0 Å². The minimum Gasteiger partial charge on any atom is -0.411 e. The van der Waals surface area contributed by atoms with Gasteiger partial charge in [-0.3, -0.25) is 4.79 Å². The summed E-state index contributed by atoms with van der Waals surface area (Å²) in [5.41, 5.74) is 0.887. The first-order valence-corrected chi connectivity index (χ1v) is 8.15. The van der Waals surface area contributed by atoms with Crippen molar-refractivity contribution in [3.05, 3.63) is 57.0 Å². The van der Waals surface area contributed by atoms with E-state index in [1.54, 1.807) is 6.92 Å². The zero-order valence-corrected chi connectivity index (χ0v) is 14.4. The summed E-state index contributed by atoms with van der Waals surface area (Å²) in [6.45, 7) is 2.93. The molecule has 0 saturated carbocycles. The van der Waals surface area contributed by atoms with E-state index < -0.39 is 11.7 Å². The minimum absolute atomic E-state index is 0.227. The molecule has 26 heavy (non-hydrogen) atoms. The molecule has 0 unspecified atom stereocenters. The van der Waals surface area contributed by atoms with Gasteiger partial charge < -0.3 is 15.5 Å². The fourth-order valence-electron chi connectivity index (χ4n) is 2.89. The predicted molar refractivity (Wildman–Crippen MR) is 89.9 cm³/mol. The van der Waals surface area contributed by atoms with Gasteiger partial charge in [0.25, 0.3) is 5.56 Å². The Labute approximate surface area is 148 Å². The third-order valence-electron chi connectivity index (χ3n) is 4.33. The molecule has 2 N–H and O–H groups in total. The van der Waals surface area contributed by atoms with Crippen LogP contribution in [0.15, 0.2) is 29.1 Å². The molecule has 1 aliphatic rings. The van der Waals surface area contributed by atoms with Crippen molar-refractivity contribution < 1.29 is 18.0 Å². The zero-order chi connectivity index (χ0) is 18.9. The first-order chi connectivity index (χ1) is 12.3. The summed E-state index contributed by atoms with van der Waals surface area (Å²) >= 11 is 0. The molecule has 0 bridgehead atoms. The van der Waals surface area contributed by atoms with Crippen molar-refractivity contribution >= 4 is 5.95 Å². The van der Waals surface area contributed by atoms with E-state index in [2.05, 4.69) is 15.6 Å². The molecule has 1 atom stereocenters. The van der Waals surface area contributed by atoms with Crippen LogP contribution >= 0.6 is 0 Å². The van der Waals surface area contributed by atoms with E-state index >= 15 is 0 Å². The minimum atomic E-state index is -4.38. The monoisotopic (exact) mass is 368 g/mol. The van der Waals surface area contributed by atoms with Gasteiger partial charge in [-0.25, -0.2) is 4.98 Å². The van der Waals surface area contributed by atoms with Crippen LogP contribution in [0.4, 0.5) is 19.1 Å². The van der Waals surface area contributed by atoms with E-state index in [4.69, 9.17) is 4.84 Å². The lowest BCUT2D eigenvalue weighted by Crippen LogP contribution is -2.38. The first kappa shape index (κ1) is 18.2. The number of halogens is 3. The van der Waals surface area contributed by atoms with E-state index in [1.165, 1.54) is 19.2 Å². The number of rotatable bonds is 4. The Morgan fingerprint density at radius 2 is 2.00 bits per heavy atom. The van der Waals surface area contributed by atoms with Gasteiger partial charge in [0, 0.05) is 19.5 Å². The molecule has 0 amide bonds. The lowest BCUT2D eigenvalue weighted by molar-refractivity contribution is -0.137. The molecule has 0 radical (unpaired) electrons. The van der Waals surface area contributed by atoms with Crippen molar-refractivity contribution in [1.29, 1.82) is 0 Å². The van der Waals surface area contributed by atoms with Crippen LogP contribution in [0.2, 0.25) is 0 Å². The van der Waals surface area contributed by atoms with Gasteiger partial charge in [-0.15, -0.1) is 4.73 Å². The van der Waals surface area contributed by atoms with Gasteiger partial charge in [-0.1, -0.05) is 12.1 Å². The number of hydrogen-bond donors (Lipinski definition) is 2. The third-order valence-corrected chi connectivity index (χ3v) is 4.33. The van der Waals surface area contributed by atoms with Gasteiger partial charge >= 0.3 is 6.18 Å². The maximum absolute atomic E-state index is 12.7. The summed E-state index contributed by atoms with van der Waals surface area (Å²) in [4.78, 5) is 22.2. The predicted octanol–water partition coefficient (Wildman–Crippen LogP) is 2.14. The lowest BCUT2D eigenvalue weighted by atomic mass is 10.1. The molecule has 140 valence electrons. The number of nitrogens with zero attached hydrogens (tertiary/aromatic N) is 2. The average Bonchev–Trinajstić information content (AvgIpc) is 2.61. The van der Waals surface area contributed by atoms with Gasteiger partial charge in [-0.05, 0) is 24.6 Å². The van der Waals surface area contributed by atoms with Crippen LogP contribution in [-0.2, 0) is 19.1 Å². The van der Waals surface area contributed by atoms with Gasteiger partial charge in [0.15, 0.2) is 0 Å². The third kappa shape index (κ3) is 3.52. The van der Waals surface area contributed by atoms with Crippen molar-refractivity contribution in [2.24, 2.45) is 0 Å². The summed E-state index contributed by atoms with van der Waals surface area (Å²) < 4.78 is 39.1. The number of hydrogen-bond acceptors (Lipinski definition) is 5. The largest absolute Gasteiger partial charge is 0.416 e. The van der Waals surface area contributed by atoms with E-state index in [-0.39, 0.29) is 17.5 Å². The number of aromatic nitrogens is 2. The summed E-state index contributed by atoms with van der Waals surface area (Å²) in [5.74, 6) is 0.227. The molecule has 0 fully saturated rings. The second-order valence-corrected chi connectivity index (χ2v) is 6.06. The Balaban J connectivity index is 1.88. The SMILES string of the molecule is COn1c(N[C@@H](C)c2ccc(C(F)(F)F)cc2)nc2c(c1=O)CNCC2. The Kier molecular flexibility index (Phi) is 4.90. The summed E-state index contributed by atoms with van der Waals surface area (Å²) in [7, 11) is 1.36. The molecule has 0 spiro atoms. The van der Waals surface area contributed by atoms with Crippen LogP contribution in [0.3, 0.4) is 0 Å². The second kappa shape index (κ2) is 6.99. The highest BCUT2D eigenvalue weighted by molar-refractivity contribution is 5.37. The molecule has 3 rings (SSSR count). The van der Waals surface area contributed by atoms with Gasteiger partial charge in [-0.2, -0.15) is 13.2 Å². The lowest BCUT2D eigenvalue weighted by Gasteiger charge is -2.22. The maximum Gasteiger partial charge on any atom is 0.416 e. The number of alkyl halides is 3. The van der Waals surface area contributed by atoms with Crippen LogP contribution < -0.4 is 21.0 Å². The van der Waals surface area contributed by atoms with Crippen LogP contribution in [-0.4, -0.2) is 23.4 Å². The van der Waals surface area contributed by atoms with Crippen LogP contribution in [0.25, 0.3) is 0 Å². The number of benzene rings is 1. The van der Waals surface area contributed by atoms with Crippen LogP contribution in [0.5, 0.6) is 0 Å². The average molecular weight is 368 g/mol. The van der Waals surface area contributed by atoms with Crippen molar-refractivity contribution in [3.63, 3.8) is 0 Å². The maximum atomic E-state index is 12.7. The molecule has 0 saturated heterocycles. The molecule has 1 aliphatic heterocycles. The molecule has 0 aliphatic carbocycles. The molecule has 2 heterocycles. The van der Waals surface area contributed by atoms with Gasteiger partial charge in [0.2, 0.25) is 5.95 Å². The topological polar surface area (TPSA) is 68.2 Å². The summed E-state index contributed by atoms with van der Waals surface area (Å²) in [6.07, 6.45) is -3.75. The highest BCUT2D eigenvalue weighted by atomic mass is 19.4. The molecular formula is C17H19F3N4O2. The standard InChI is InChI=1S/C17H19F3N4O2/c1-10(11-3-5-12(6-4-11)17(18,19)20)22-16-23-14-7-8-21-9-13(14)15(25)24(16)26-2/h3-6,10,21H,7-9H2,1-2H3,(H,22,23)/t10-/m0/s1. The Morgan fingerprint density at radius 1 is 1.31 bits per heavy atom. The highest BCUT2D eigenvalue weighted by Gasteiger charge is 2.30. The van der Waals surface area contributed by atoms with Crippen molar-refractivity contribution in [1.82, 2.24) is 15.0 Å². The van der Waals surface area contributed by atoms with E-state index in [0.717, 1.165) is 23.4 Å². The molecule has 9 heteroatoms. The quantitative estimate of drug-likeness (QED) is 0.866. The number of nitrogens with one attached hydrogen (secondary N) is 2. The molecule has 1 aromatic heterocycles. The molecule has 2 aromatic rings. The van der Waals surface area contributed by atoms with E-state index in [9.17, 15) is 18.0 Å². The number of fused-ring (bicyclic) bond motifs is 1. The van der Waals surface area contributed by atoms with Crippen molar-refractivity contribution in [2.45, 2.75) is 32.1 Å². The Bertz CT molecular complexity index is 847. The van der Waals surface area contributed by atoms with E-state index in [0.29, 0.717) is 29.8 Å². The van der Waals surface area contributed by atoms with Gasteiger partial charge in [0.05, 0.1) is 22.9 Å². The zero-order valence-electron chi connectivity index (χ0n) is 14.4. The van der Waals surface area contributed by atoms with Gasteiger partial charge in [0.1, 0.15) is 7.11 Å². The molecule has 1 aromatic carbocycles. The number of anilines is 1. The fourth-order valence-corrected chi connectivity index (χ4v) is 2.89. The smallest absolute Gasteiger partial charge is 0.411 e. The first-order valence-electron chi connectivity index (χ1n) is 8.15. The molecule has 6 nitrogen and oxygen atoms in total. The Morgan fingerprint density at radius 3 is 2.62 bits per heavy atom. The molecular weight excluding hydrogens is 349 g/mol. The summed E-state index contributed by atoms with van der Waals surface area (Å²) in [5, 5.41) is 6.17. The fraction of sp³-hybridized carbons (Fsp3) is 0.412. The highest BCUT2D eigenvalue weighted by Crippen LogP contribution is 2.30.